The summed E-state index contributed by atoms with van der Waals surface area (Å²) in [6.07, 6.45) is 6.32. The molecule has 0 bridgehead atoms. The number of fused-ring (bicyclic) bond motifs is 2. The molecule has 2 aromatic carbocycles. The monoisotopic (exact) mass is 410 g/mol. The summed E-state index contributed by atoms with van der Waals surface area (Å²) in [5.74, 6) is 1.94. The summed E-state index contributed by atoms with van der Waals surface area (Å²) in [4.78, 5) is 10.5. The second-order valence-corrected chi connectivity index (χ2v) is 8.78. The van der Waals surface area contributed by atoms with E-state index in [2.05, 4.69) is 57.7 Å². The molecule has 0 radical (unpaired) electrons. The number of nitrogens with one attached hydrogen (secondary N) is 2. The van der Waals surface area contributed by atoms with Gasteiger partial charge in [-0.05, 0) is 55.3 Å². The van der Waals surface area contributed by atoms with E-state index < -0.39 is 0 Å². The largest absolute Gasteiger partial charge is 0.439 e. The smallest absolute Gasteiger partial charge is 0.219 e. The Morgan fingerprint density at radius 2 is 1.97 bits per heavy atom. The van der Waals surface area contributed by atoms with Crippen molar-refractivity contribution in [3.63, 3.8) is 0 Å². The van der Waals surface area contributed by atoms with E-state index in [1.807, 2.05) is 42.6 Å². The minimum Gasteiger partial charge on any atom is -0.439 e. The Morgan fingerprint density at radius 3 is 2.81 bits per heavy atom. The molecular weight excluding hydrogens is 384 g/mol. The van der Waals surface area contributed by atoms with Gasteiger partial charge in [0.2, 0.25) is 5.88 Å². The first-order valence-electron chi connectivity index (χ1n) is 11.0. The molecule has 3 atom stereocenters. The molecule has 0 saturated carbocycles. The van der Waals surface area contributed by atoms with Crippen LogP contribution in [0.2, 0.25) is 0 Å². The fourth-order valence-electron chi connectivity index (χ4n) is 5.42. The third-order valence-electron chi connectivity index (χ3n) is 6.80. The normalized spacial score (nSPS) is 22.8. The lowest BCUT2D eigenvalue weighted by Gasteiger charge is -2.45. The van der Waals surface area contributed by atoms with Crippen LogP contribution in [0.3, 0.4) is 0 Å². The number of ether oxygens (including phenoxy) is 1. The van der Waals surface area contributed by atoms with E-state index in [9.17, 15) is 0 Å². The van der Waals surface area contributed by atoms with Gasteiger partial charge in [-0.15, -0.1) is 0 Å². The first-order chi connectivity index (χ1) is 15.2. The van der Waals surface area contributed by atoms with Crippen molar-refractivity contribution in [2.75, 3.05) is 18.9 Å². The van der Waals surface area contributed by atoms with Crippen molar-refractivity contribution in [3.8, 4) is 11.6 Å². The number of likely N-dealkylation sites (N-methyl/N-ethyl adjacent to an activating group) is 1. The highest BCUT2D eigenvalue weighted by molar-refractivity contribution is 5.88. The van der Waals surface area contributed by atoms with Gasteiger partial charge in [0.1, 0.15) is 5.75 Å². The molecule has 2 aliphatic rings. The van der Waals surface area contributed by atoms with Crippen molar-refractivity contribution >= 4 is 16.6 Å². The zero-order valence-corrected chi connectivity index (χ0v) is 17.6. The number of para-hydroxylation sites is 1. The Kier molecular flexibility index (Phi) is 4.42. The molecule has 5 nitrogen and oxygen atoms in total. The summed E-state index contributed by atoms with van der Waals surface area (Å²) in [5.41, 5.74) is 5.26. The van der Waals surface area contributed by atoms with Crippen LogP contribution in [-0.4, -0.2) is 40.5 Å². The lowest BCUT2D eigenvalue weighted by Crippen LogP contribution is -2.51. The number of rotatable bonds is 4. The van der Waals surface area contributed by atoms with Crippen molar-refractivity contribution in [2.24, 2.45) is 0 Å². The molecular formula is C26H26N4O. The molecule has 156 valence electrons. The molecule has 1 unspecified atom stereocenters. The first-order valence-corrected chi connectivity index (χ1v) is 11.0. The standard InChI is InChI=1S/C26H26N4O/c1-30-16-19(29-18-10-11-25(28-15-18)31-20-6-3-2-4-7-20)13-22-21-8-5-9-23-26(21)17(14-27-23)12-24(22)30/h2-11,14-15,19,22,24,27,29H,12-13,16H2,1H3/t19-,22?,24+/m0/s1. The van der Waals surface area contributed by atoms with E-state index in [0.29, 0.717) is 23.9 Å². The molecule has 6 rings (SSSR count). The number of aromatic amines is 1. The SMILES string of the molecule is CN1C[C@@H](Nc2ccc(Oc3ccccc3)nc2)CC2c3cccc4[nH]cc(c34)C[C@H]21. The van der Waals surface area contributed by atoms with E-state index in [-0.39, 0.29) is 0 Å². The zero-order valence-electron chi connectivity index (χ0n) is 17.6. The van der Waals surface area contributed by atoms with E-state index in [0.717, 1.165) is 30.8 Å². The molecule has 31 heavy (non-hydrogen) atoms. The highest BCUT2D eigenvalue weighted by Crippen LogP contribution is 2.43. The fourth-order valence-corrected chi connectivity index (χ4v) is 5.42. The molecule has 4 aromatic rings. The Balaban J connectivity index is 1.20. The van der Waals surface area contributed by atoms with Crippen molar-refractivity contribution in [1.29, 1.82) is 0 Å². The maximum absolute atomic E-state index is 5.82. The lowest BCUT2D eigenvalue weighted by atomic mass is 9.74. The molecule has 0 amide bonds. The minimum atomic E-state index is 0.379. The molecule has 1 fully saturated rings. The third kappa shape index (κ3) is 3.35. The number of H-pyrrole nitrogens is 1. The Hall–Kier alpha value is -3.31. The number of likely N-dealkylation sites (tertiary alicyclic amines) is 1. The van der Waals surface area contributed by atoms with E-state index >= 15 is 0 Å². The van der Waals surface area contributed by atoms with E-state index in [1.165, 1.54) is 22.0 Å². The first kappa shape index (κ1) is 18.5. The highest BCUT2D eigenvalue weighted by atomic mass is 16.5. The third-order valence-corrected chi connectivity index (χ3v) is 6.80. The number of pyridine rings is 1. The summed E-state index contributed by atoms with van der Waals surface area (Å²) in [5, 5.41) is 5.16. The number of nitrogens with zero attached hydrogens (tertiary/aromatic N) is 2. The molecule has 1 saturated heterocycles. The Morgan fingerprint density at radius 1 is 1.06 bits per heavy atom. The van der Waals surface area contributed by atoms with E-state index in [4.69, 9.17) is 4.74 Å². The van der Waals surface area contributed by atoms with Crippen molar-refractivity contribution < 1.29 is 4.74 Å². The van der Waals surface area contributed by atoms with Crippen LogP contribution < -0.4 is 10.1 Å². The average Bonchev–Trinajstić information content (AvgIpc) is 3.21. The molecule has 5 heteroatoms. The van der Waals surface area contributed by atoms with Gasteiger partial charge in [0, 0.05) is 47.7 Å². The fraction of sp³-hybridized carbons (Fsp3) is 0.269. The molecule has 2 aromatic heterocycles. The summed E-state index contributed by atoms with van der Waals surface area (Å²) in [7, 11) is 2.26. The van der Waals surface area contributed by atoms with Crippen LogP contribution in [0.4, 0.5) is 5.69 Å². The Bertz CT molecular complexity index is 1200. The number of piperidine rings is 1. The van der Waals surface area contributed by atoms with Crippen LogP contribution in [0.15, 0.2) is 73.1 Å². The van der Waals surface area contributed by atoms with Gasteiger partial charge in [0.25, 0.3) is 0 Å². The van der Waals surface area contributed by atoms with Crippen molar-refractivity contribution in [2.45, 2.75) is 30.8 Å². The van der Waals surface area contributed by atoms with Crippen LogP contribution in [0.5, 0.6) is 11.6 Å². The zero-order chi connectivity index (χ0) is 20.8. The van der Waals surface area contributed by atoms with Gasteiger partial charge in [-0.3, -0.25) is 0 Å². The topological polar surface area (TPSA) is 53.2 Å². The quantitative estimate of drug-likeness (QED) is 0.487. The van der Waals surface area contributed by atoms with Crippen LogP contribution in [0.25, 0.3) is 10.9 Å². The highest BCUT2D eigenvalue weighted by Gasteiger charge is 2.39. The van der Waals surface area contributed by atoms with Crippen LogP contribution in [0.1, 0.15) is 23.5 Å². The predicted octanol–water partition coefficient (Wildman–Crippen LogP) is 5.18. The molecule has 3 heterocycles. The molecule has 0 spiro atoms. The number of benzene rings is 2. The molecule has 2 N–H and O–H groups in total. The summed E-state index contributed by atoms with van der Waals surface area (Å²) < 4.78 is 5.82. The van der Waals surface area contributed by atoms with Gasteiger partial charge in [-0.1, -0.05) is 30.3 Å². The lowest BCUT2D eigenvalue weighted by molar-refractivity contribution is 0.147. The van der Waals surface area contributed by atoms with Gasteiger partial charge in [-0.25, -0.2) is 4.98 Å². The predicted molar refractivity (Wildman–Crippen MR) is 124 cm³/mol. The van der Waals surface area contributed by atoms with Crippen LogP contribution >= 0.6 is 0 Å². The summed E-state index contributed by atoms with van der Waals surface area (Å²) in [6, 6.07) is 21.4. The van der Waals surface area contributed by atoms with Gasteiger partial charge in [-0.2, -0.15) is 0 Å². The number of hydrogen-bond donors (Lipinski definition) is 2. The minimum absolute atomic E-state index is 0.379. The van der Waals surface area contributed by atoms with Gasteiger partial charge >= 0.3 is 0 Å². The maximum atomic E-state index is 5.82. The number of hydrogen-bond acceptors (Lipinski definition) is 4. The number of anilines is 1. The van der Waals surface area contributed by atoms with Crippen molar-refractivity contribution in [3.05, 3.63) is 84.2 Å². The second-order valence-electron chi connectivity index (χ2n) is 8.78. The average molecular weight is 411 g/mol. The maximum Gasteiger partial charge on any atom is 0.219 e. The molecule has 1 aliphatic heterocycles. The van der Waals surface area contributed by atoms with E-state index in [1.54, 1.807) is 0 Å². The summed E-state index contributed by atoms with van der Waals surface area (Å²) >= 11 is 0. The Labute approximate surface area is 182 Å². The van der Waals surface area contributed by atoms with Gasteiger partial charge in [0.05, 0.1) is 11.9 Å². The van der Waals surface area contributed by atoms with Crippen LogP contribution in [-0.2, 0) is 6.42 Å². The van der Waals surface area contributed by atoms with Crippen LogP contribution in [0, 0.1) is 0 Å². The summed E-state index contributed by atoms with van der Waals surface area (Å²) in [6.45, 7) is 1.03. The van der Waals surface area contributed by atoms with Crippen molar-refractivity contribution in [1.82, 2.24) is 14.9 Å². The molecule has 1 aliphatic carbocycles. The second kappa shape index (κ2) is 7.43. The van der Waals surface area contributed by atoms with Gasteiger partial charge in [0.15, 0.2) is 0 Å². The van der Waals surface area contributed by atoms with Gasteiger partial charge < -0.3 is 19.9 Å². The number of aromatic nitrogens is 2.